The molecule has 0 saturated carbocycles. The lowest BCUT2D eigenvalue weighted by Gasteiger charge is -2.40. The fourth-order valence-electron chi connectivity index (χ4n) is 8.99. The molecule has 1 aliphatic rings. The summed E-state index contributed by atoms with van der Waals surface area (Å²) in [6.45, 7) is 5.82. The van der Waals surface area contributed by atoms with Crippen molar-refractivity contribution in [3.63, 3.8) is 0 Å². The summed E-state index contributed by atoms with van der Waals surface area (Å²) < 4.78 is 28.3. The monoisotopic (exact) mass is 1060 g/mol. The van der Waals surface area contributed by atoms with Gasteiger partial charge in [0.25, 0.3) is 0 Å². The zero-order valence-corrected chi connectivity index (χ0v) is 47.5. The molecule has 1 heterocycles. The summed E-state index contributed by atoms with van der Waals surface area (Å²) in [6, 6.07) is 0. The largest absolute Gasteiger partial charge is 0.479 e. The van der Waals surface area contributed by atoms with Gasteiger partial charge in [-0.05, 0) is 57.8 Å². The Balaban J connectivity index is 2.67. The Morgan fingerprint density at radius 2 is 0.840 bits per heavy atom. The van der Waals surface area contributed by atoms with Crippen LogP contribution in [0.3, 0.4) is 0 Å². The van der Waals surface area contributed by atoms with Crippen LogP contribution in [0.1, 0.15) is 265 Å². The van der Waals surface area contributed by atoms with E-state index in [1.807, 2.05) is 6.08 Å². The number of carbonyl (C=O) groups excluding carboxylic acids is 3. The molecule has 12 heteroatoms. The van der Waals surface area contributed by atoms with Crippen LogP contribution < -0.4 is 0 Å². The van der Waals surface area contributed by atoms with E-state index in [4.69, 9.17) is 23.7 Å². The first-order chi connectivity index (χ1) is 36.6. The Kier molecular flexibility index (Phi) is 47.4. The van der Waals surface area contributed by atoms with Gasteiger partial charge in [0.05, 0.1) is 6.61 Å². The molecule has 0 aromatic heterocycles. The summed E-state index contributed by atoms with van der Waals surface area (Å²) in [5.41, 5.74) is 0. The van der Waals surface area contributed by atoms with Crippen LogP contribution in [-0.2, 0) is 42.9 Å². The number of carboxylic acid groups (broad SMARTS) is 1. The molecule has 0 spiro atoms. The molecule has 1 saturated heterocycles. The van der Waals surface area contributed by atoms with Crippen molar-refractivity contribution in [2.75, 3.05) is 13.2 Å². The number of hydrogen-bond acceptors (Lipinski definition) is 11. The van der Waals surface area contributed by atoms with Crippen molar-refractivity contribution < 1.29 is 58.2 Å². The second kappa shape index (κ2) is 51.2. The second-order valence-corrected chi connectivity index (χ2v) is 20.6. The fourth-order valence-corrected chi connectivity index (χ4v) is 8.99. The lowest BCUT2D eigenvalue weighted by Crippen LogP contribution is -2.61. The van der Waals surface area contributed by atoms with E-state index < -0.39 is 67.3 Å². The number of aliphatic carboxylic acids is 1. The van der Waals surface area contributed by atoms with Crippen LogP contribution in [0, 0.1) is 0 Å². The highest BCUT2D eigenvalue weighted by molar-refractivity contribution is 5.74. The minimum atomic E-state index is -1.91. The highest BCUT2D eigenvalue weighted by Gasteiger charge is 2.50. The number of rotatable bonds is 51. The Morgan fingerprint density at radius 3 is 1.27 bits per heavy atom. The van der Waals surface area contributed by atoms with E-state index in [2.05, 4.69) is 75.5 Å². The zero-order chi connectivity index (χ0) is 54.7. The average molecular weight is 1060 g/mol. The number of unbranched alkanes of at least 4 members (excludes halogenated alkanes) is 27. The maximum atomic E-state index is 13.1. The summed E-state index contributed by atoms with van der Waals surface area (Å²) >= 11 is 0. The van der Waals surface area contributed by atoms with Crippen LogP contribution in [-0.4, -0.2) is 89.2 Å². The summed E-state index contributed by atoms with van der Waals surface area (Å²) in [5.74, 6) is -3.19. The molecule has 3 N–H and O–H groups in total. The first-order valence-corrected chi connectivity index (χ1v) is 30.3. The van der Waals surface area contributed by atoms with Crippen LogP contribution in [0.5, 0.6) is 0 Å². The molecule has 432 valence electrons. The van der Waals surface area contributed by atoms with Gasteiger partial charge in [-0.3, -0.25) is 14.4 Å². The van der Waals surface area contributed by atoms with Crippen LogP contribution in [0.25, 0.3) is 0 Å². The average Bonchev–Trinajstić information content (AvgIpc) is 3.39. The third kappa shape index (κ3) is 41.2. The van der Waals surface area contributed by atoms with Gasteiger partial charge < -0.3 is 39.0 Å². The van der Waals surface area contributed by atoms with Crippen LogP contribution in [0.15, 0.2) is 60.8 Å². The number of esters is 3. The van der Waals surface area contributed by atoms with E-state index in [1.165, 1.54) is 122 Å². The molecule has 12 nitrogen and oxygen atoms in total. The molecule has 0 amide bonds. The molecule has 0 aromatic rings. The van der Waals surface area contributed by atoms with Crippen molar-refractivity contribution in [3.8, 4) is 0 Å². The van der Waals surface area contributed by atoms with Gasteiger partial charge in [-0.25, -0.2) is 4.79 Å². The zero-order valence-electron chi connectivity index (χ0n) is 47.5. The molecule has 1 fully saturated rings. The Bertz CT molecular complexity index is 1540. The van der Waals surface area contributed by atoms with Crippen molar-refractivity contribution in [2.24, 2.45) is 0 Å². The lowest BCUT2D eigenvalue weighted by atomic mass is 9.98. The number of ether oxygens (including phenoxy) is 5. The van der Waals surface area contributed by atoms with Gasteiger partial charge in [0.2, 0.25) is 0 Å². The molecule has 75 heavy (non-hydrogen) atoms. The first-order valence-electron chi connectivity index (χ1n) is 30.3. The maximum Gasteiger partial charge on any atom is 0.335 e. The van der Waals surface area contributed by atoms with Crippen molar-refractivity contribution >= 4 is 23.9 Å². The predicted molar refractivity (Wildman–Crippen MR) is 303 cm³/mol. The van der Waals surface area contributed by atoms with E-state index in [9.17, 15) is 34.5 Å². The SMILES string of the molecule is CC/C=C\C/C=C\C/C=C\C/C=C\C/C=C\CCCC(=O)OC(COC(=O)CCCCCCCCCCCCCCCCCCCCC)COC1OC(C(=O)O)C(O)C(O)C1OC(=O)CCCCCCCCCCC. The number of carbonyl (C=O) groups is 4. The molecule has 6 atom stereocenters. The summed E-state index contributed by atoms with van der Waals surface area (Å²) in [4.78, 5) is 51.0. The standard InChI is InChI=1S/C63H108O12/c1-4-7-10-13-16-19-21-23-25-27-28-30-31-33-35-38-40-43-46-49-55(64)71-52-54(73-56(65)50-47-44-42-39-36-34-32-29-26-24-22-20-17-14-11-8-5-2)53-72-63-61(59(68)58(67)60(75-63)62(69)70)74-57(66)51-48-45-41-37-18-15-12-9-6-3/h8,11,17,20,24,26,32,34,39,42,54,58-61,63,67-68H,4-7,9-10,12-16,18-19,21-23,25,27-31,33,35-38,40-41,43-53H2,1-3H3,(H,69,70)/b11-8-,20-17-,26-24-,34-32-,42-39-. The first kappa shape index (κ1) is 69.4. The molecule has 1 rings (SSSR count). The fraction of sp³-hybridized carbons (Fsp3) is 0.778. The van der Waals surface area contributed by atoms with Gasteiger partial charge >= 0.3 is 23.9 Å². The van der Waals surface area contributed by atoms with Crippen LogP contribution in [0.2, 0.25) is 0 Å². The Hall–Kier alpha value is -3.58. The number of hydrogen-bond donors (Lipinski definition) is 3. The minimum absolute atomic E-state index is 0.0551. The Labute approximate surface area is 456 Å². The normalized spacial score (nSPS) is 18.5. The molecule has 0 aliphatic carbocycles. The van der Waals surface area contributed by atoms with E-state index in [-0.39, 0.29) is 25.9 Å². The smallest absolute Gasteiger partial charge is 0.335 e. The summed E-state index contributed by atoms with van der Waals surface area (Å²) in [7, 11) is 0. The third-order valence-corrected chi connectivity index (χ3v) is 13.6. The lowest BCUT2D eigenvalue weighted by molar-refractivity contribution is -0.301. The number of aliphatic hydroxyl groups is 2. The van der Waals surface area contributed by atoms with Gasteiger partial charge in [0, 0.05) is 19.3 Å². The van der Waals surface area contributed by atoms with Gasteiger partial charge in [-0.2, -0.15) is 0 Å². The summed E-state index contributed by atoms with van der Waals surface area (Å²) in [6.07, 6.45) is 50.8. The minimum Gasteiger partial charge on any atom is -0.479 e. The highest BCUT2D eigenvalue weighted by atomic mass is 16.7. The Morgan fingerprint density at radius 1 is 0.453 bits per heavy atom. The molecule has 0 aromatic carbocycles. The van der Waals surface area contributed by atoms with E-state index in [0.717, 1.165) is 77.0 Å². The predicted octanol–water partition coefficient (Wildman–Crippen LogP) is 15.6. The maximum absolute atomic E-state index is 13.1. The van der Waals surface area contributed by atoms with Crippen molar-refractivity contribution in [1.29, 1.82) is 0 Å². The van der Waals surface area contributed by atoms with Gasteiger partial charge in [-0.1, -0.05) is 248 Å². The van der Waals surface area contributed by atoms with Crippen LogP contribution in [0.4, 0.5) is 0 Å². The highest BCUT2D eigenvalue weighted by Crippen LogP contribution is 2.26. The quantitative estimate of drug-likeness (QED) is 0.0228. The number of carboxylic acids is 1. The molecular weight excluding hydrogens is 949 g/mol. The second-order valence-electron chi connectivity index (χ2n) is 20.6. The van der Waals surface area contributed by atoms with E-state index >= 15 is 0 Å². The van der Waals surface area contributed by atoms with E-state index in [1.54, 1.807) is 0 Å². The topological polar surface area (TPSA) is 175 Å². The third-order valence-electron chi connectivity index (χ3n) is 13.6. The summed E-state index contributed by atoms with van der Waals surface area (Å²) in [5, 5.41) is 31.4. The van der Waals surface area contributed by atoms with Gasteiger partial charge in [0.15, 0.2) is 24.6 Å². The van der Waals surface area contributed by atoms with Gasteiger partial charge in [-0.15, -0.1) is 0 Å². The number of allylic oxidation sites excluding steroid dienone is 10. The van der Waals surface area contributed by atoms with Crippen molar-refractivity contribution in [2.45, 2.75) is 302 Å². The number of aliphatic hydroxyl groups excluding tert-OH is 2. The van der Waals surface area contributed by atoms with Crippen LogP contribution >= 0.6 is 0 Å². The van der Waals surface area contributed by atoms with Gasteiger partial charge in [0.1, 0.15) is 18.8 Å². The molecular formula is C63H108O12. The molecule has 6 unspecified atom stereocenters. The van der Waals surface area contributed by atoms with Crippen molar-refractivity contribution in [3.05, 3.63) is 60.8 Å². The van der Waals surface area contributed by atoms with E-state index in [0.29, 0.717) is 25.7 Å². The molecule has 0 bridgehead atoms. The molecule has 1 aliphatic heterocycles. The van der Waals surface area contributed by atoms with Crippen molar-refractivity contribution in [1.82, 2.24) is 0 Å². The molecule has 0 radical (unpaired) electrons.